The number of alkyl halides is 3. The minimum absolute atomic E-state index is 0.0410. The molecule has 1 aromatic carbocycles. The van der Waals surface area contributed by atoms with Crippen molar-refractivity contribution in [1.29, 1.82) is 0 Å². The zero-order chi connectivity index (χ0) is 18.9. The van der Waals surface area contributed by atoms with Crippen LogP contribution in [0.5, 0.6) is 0 Å². The Morgan fingerprint density at radius 1 is 1.23 bits per heavy atom. The lowest BCUT2D eigenvalue weighted by Gasteiger charge is -2.07. The second kappa shape index (κ2) is 7.12. The molecule has 0 unspecified atom stereocenters. The average molecular weight is 401 g/mol. The van der Waals surface area contributed by atoms with E-state index in [1.807, 2.05) is 0 Å². The highest BCUT2D eigenvalue weighted by Crippen LogP contribution is 2.37. The van der Waals surface area contributed by atoms with Crippen LogP contribution in [0.3, 0.4) is 0 Å². The number of amides is 1. The molecule has 3 aromatic rings. The fourth-order valence-corrected chi connectivity index (χ4v) is 3.83. The quantitative estimate of drug-likeness (QED) is 0.497. The molecule has 26 heavy (non-hydrogen) atoms. The van der Waals surface area contributed by atoms with Crippen molar-refractivity contribution in [2.24, 2.45) is 0 Å². The van der Waals surface area contributed by atoms with Crippen molar-refractivity contribution < 1.29 is 22.4 Å². The van der Waals surface area contributed by atoms with E-state index in [0.29, 0.717) is 10.3 Å². The first-order valence-electron chi connectivity index (χ1n) is 7.19. The Labute approximate surface area is 153 Å². The molecule has 1 amide bonds. The molecular formula is C16H11F4N3OS2. The van der Waals surface area contributed by atoms with Gasteiger partial charge in [0.15, 0.2) is 5.82 Å². The van der Waals surface area contributed by atoms with E-state index < -0.39 is 17.2 Å². The summed E-state index contributed by atoms with van der Waals surface area (Å²) < 4.78 is 51.1. The number of rotatable bonds is 4. The van der Waals surface area contributed by atoms with Gasteiger partial charge in [0, 0.05) is 17.6 Å². The van der Waals surface area contributed by atoms with Crippen LogP contribution in [0, 0.1) is 5.82 Å². The van der Waals surface area contributed by atoms with Crippen molar-refractivity contribution in [3.63, 3.8) is 0 Å². The highest BCUT2D eigenvalue weighted by atomic mass is 32.2. The van der Waals surface area contributed by atoms with Gasteiger partial charge in [-0.15, -0.1) is 11.3 Å². The number of nitrogens with one attached hydrogen (secondary N) is 1. The van der Waals surface area contributed by atoms with Gasteiger partial charge in [-0.1, -0.05) is 12.1 Å². The average Bonchev–Trinajstić information content (AvgIpc) is 2.91. The molecule has 0 atom stereocenters. The summed E-state index contributed by atoms with van der Waals surface area (Å²) in [6, 6.07) is 5.64. The van der Waals surface area contributed by atoms with Crippen LogP contribution < -0.4 is 11.1 Å². The van der Waals surface area contributed by atoms with Crippen LogP contribution in [0.1, 0.15) is 15.2 Å². The predicted octanol–water partition coefficient (Wildman–Crippen LogP) is 4.56. The maximum atomic E-state index is 13.8. The Morgan fingerprint density at radius 2 is 1.92 bits per heavy atom. The van der Waals surface area contributed by atoms with Crippen LogP contribution in [0.2, 0.25) is 0 Å². The summed E-state index contributed by atoms with van der Waals surface area (Å²) in [5.74, 6) is -1.09. The first-order chi connectivity index (χ1) is 12.2. The lowest BCUT2D eigenvalue weighted by Crippen LogP contribution is -2.22. The van der Waals surface area contributed by atoms with Crippen LogP contribution in [-0.2, 0) is 6.54 Å². The highest BCUT2D eigenvalue weighted by Gasteiger charge is 2.29. The minimum Gasteiger partial charge on any atom is -0.397 e. The lowest BCUT2D eigenvalue weighted by molar-refractivity contribution is -0.0328. The van der Waals surface area contributed by atoms with Crippen molar-refractivity contribution in [3.8, 4) is 0 Å². The van der Waals surface area contributed by atoms with Gasteiger partial charge in [-0.05, 0) is 29.5 Å². The molecule has 0 fully saturated rings. The van der Waals surface area contributed by atoms with E-state index in [4.69, 9.17) is 5.73 Å². The molecule has 3 rings (SSSR count). The zero-order valence-corrected chi connectivity index (χ0v) is 14.6. The van der Waals surface area contributed by atoms with Crippen molar-refractivity contribution in [3.05, 3.63) is 52.9 Å². The van der Waals surface area contributed by atoms with Gasteiger partial charge in [-0.3, -0.25) is 9.78 Å². The molecule has 0 bridgehead atoms. The van der Waals surface area contributed by atoms with Crippen molar-refractivity contribution >= 4 is 44.8 Å². The maximum absolute atomic E-state index is 13.8. The van der Waals surface area contributed by atoms with E-state index >= 15 is 0 Å². The summed E-state index contributed by atoms with van der Waals surface area (Å²) in [4.78, 5) is 16.2. The predicted molar refractivity (Wildman–Crippen MR) is 93.5 cm³/mol. The number of thiophene rings is 1. The Bertz CT molecular complexity index is 955. The zero-order valence-electron chi connectivity index (χ0n) is 12.9. The smallest absolute Gasteiger partial charge is 0.397 e. The number of aromatic nitrogens is 1. The number of pyridine rings is 1. The van der Waals surface area contributed by atoms with Crippen LogP contribution in [0.4, 0.5) is 23.2 Å². The second-order valence-electron chi connectivity index (χ2n) is 5.21. The van der Waals surface area contributed by atoms with Gasteiger partial charge in [-0.2, -0.15) is 13.2 Å². The molecule has 3 N–H and O–H groups in total. The first-order valence-corrected chi connectivity index (χ1v) is 8.82. The van der Waals surface area contributed by atoms with E-state index in [1.54, 1.807) is 0 Å². The number of carbonyl (C=O) groups excluding carboxylic acids is 1. The fourth-order valence-electron chi connectivity index (χ4n) is 2.27. The third-order valence-electron chi connectivity index (χ3n) is 3.41. The summed E-state index contributed by atoms with van der Waals surface area (Å²) in [6.07, 6.45) is 2.45. The lowest BCUT2D eigenvalue weighted by atomic mass is 10.2. The molecule has 0 radical (unpaired) electrons. The van der Waals surface area contributed by atoms with Gasteiger partial charge >= 0.3 is 5.51 Å². The van der Waals surface area contributed by atoms with E-state index in [2.05, 4.69) is 10.3 Å². The third kappa shape index (κ3) is 4.07. The molecule has 0 saturated heterocycles. The number of nitrogen functional groups attached to an aromatic ring is 1. The molecule has 0 saturated carbocycles. The van der Waals surface area contributed by atoms with E-state index in [9.17, 15) is 22.4 Å². The van der Waals surface area contributed by atoms with Crippen LogP contribution in [-0.4, -0.2) is 16.4 Å². The topological polar surface area (TPSA) is 68.0 Å². The second-order valence-corrected chi connectivity index (χ2v) is 7.40. The number of halogens is 4. The summed E-state index contributed by atoms with van der Waals surface area (Å²) in [5.41, 5.74) is 2.18. The van der Waals surface area contributed by atoms with Crippen LogP contribution in [0.25, 0.3) is 10.1 Å². The normalized spacial score (nSPS) is 11.7. The summed E-state index contributed by atoms with van der Waals surface area (Å²) in [5, 5.41) is 2.78. The van der Waals surface area contributed by atoms with Crippen LogP contribution in [0.15, 0.2) is 41.6 Å². The number of fused-ring (bicyclic) bond motifs is 1. The Balaban J connectivity index is 1.69. The van der Waals surface area contributed by atoms with E-state index in [1.165, 1.54) is 30.5 Å². The van der Waals surface area contributed by atoms with Gasteiger partial charge in [0.2, 0.25) is 0 Å². The first kappa shape index (κ1) is 18.5. The number of benzene rings is 1. The molecule has 2 heterocycles. The van der Waals surface area contributed by atoms with Crippen molar-refractivity contribution in [2.45, 2.75) is 16.9 Å². The standard InChI is InChI=1S/C16H11F4N3OS2/c17-10-6-22-7-11-12(10)13(21)14(25-11)15(24)23-5-8-1-3-9(4-2-8)26-16(18,19)20/h1-4,6-7H,5,21H2,(H,23,24). The summed E-state index contributed by atoms with van der Waals surface area (Å²) in [6.45, 7) is 0.101. The largest absolute Gasteiger partial charge is 0.446 e. The monoisotopic (exact) mass is 401 g/mol. The number of nitrogens with zero attached hydrogens (tertiary/aromatic N) is 1. The van der Waals surface area contributed by atoms with Crippen molar-refractivity contribution in [2.75, 3.05) is 5.73 Å². The van der Waals surface area contributed by atoms with Crippen molar-refractivity contribution in [1.82, 2.24) is 10.3 Å². The Kier molecular flexibility index (Phi) is 5.05. The SMILES string of the molecule is Nc1c(C(=O)NCc2ccc(SC(F)(F)F)cc2)sc2cncc(F)c12. The number of hydrogen-bond acceptors (Lipinski definition) is 5. The molecule has 0 aliphatic heterocycles. The van der Waals surface area contributed by atoms with Gasteiger partial charge in [0.1, 0.15) is 4.88 Å². The number of carbonyl (C=O) groups is 1. The Morgan fingerprint density at radius 3 is 2.54 bits per heavy atom. The molecule has 2 aromatic heterocycles. The molecule has 4 nitrogen and oxygen atoms in total. The molecule has 0 spiro atoms. The van der Waals surface area contributed by atoms with Gasteiger partial charge in [0.05, 0.1) is 22.0 Å². The number of anilines is 1. The van der Waals surface area contributed by atoms with Gasteiger partial charge in [-0.25, -0.2) is 4.39 Å². The van der Waals surface area contributed by atoms with E-state index in [0.717, 1.165) is 17.5 Å². The maximum Gasteiger partial charge on any atom is 0.446 e. The number of thioether (sulfide) groups is 1. The third-order valence-corrected chi connectivity index (χ3v) is 5.29. The minimum atomic E-state index is -4.35. The molecule has 136 valence electrons. The van der Waals surface area contributed by atoms with Gasteiger partial charge in [0.25, 0.3) is 5.91 Å². The summed E-state index contributed by atoms with van der Waals surface area (Å²) >= 11 is 0.815. The summed E-state index contributed by atoms with van der Waals surface area (Å²) in [7, 11) is 0. The molecule has 0 aliphatic carbocycles. The number of hydrogen-bond donors (Lipinski definition) is 2. The molecule has 10 heteroatoms. The molecule has 0 aliphatic rings. The van der Waals surface area contributed by atoms with Crippen LogP contribution >= 0.6 is 23.1 Å². The fraction of sp³-hybridized carbons (Fsp3) is 0.125. The Hall–Kier alpha value is -2.33. The van der Waals surface area contributed by atoms with Gasteiger partial charge < -0.3 is 11.1 Å². The highest BCUT2D eigenvalue weighted by molar-refractivity contribution is 8.00. The molecular weight excluding hydrogens is 390 g/mol. The van der Waals surface area contributed by atoms with E-state index in [-0.39, 0.29) is 39.2 Å². The number of nitrogens with two attached hydrogens (primary N) is 1.